The number of carbonyl (C=O) groups excluding carboxylic acids is 1. The molecule has 11 heteroatoms. The summed E-state index contributed by atoms with van der Waals surface area (Å²) < 4.78 is 11.4. The van der Waals surface area contributed by atoms with Crippen LogP contribution in [0.5, 0.6) is 0 Å². The van der Waals surface area contributed by atoms with E-state index < -0.39 is 10.8 Å². The Morgan fingerprint density at radius 3 is 2.62 bits per heavy atom. The predicted octanol–water partition coefficient (Wildman–Crippen LogP) is 5.52. The Morgan fingerprint density at radius 1 is 1.00 bits per heavy atom. The number of nitro groups is 1. The van der Waals surface area contributed by atoms with Gasteiger partial charge in [0.15, 0.2) is 10.7 Å². The van der Waals surface area contributed by atoms with Crippen molar-refractivity contribution in [3.05, 3.63) is 94.5 Å². The first-order chi connectivity index (χ1) is 19.5. The van der Waals surface area contributed by atoms with Crippen LogP contribution < -0.4 is 15.5 Å². The molecule has 2 N–H and O–H groups in total. The van der Waals surface area contributed by atoms with E-state index in [1.165, 1.54) is 12.1 Å². The molecular weight excluding hydrogens is 530 g/mol. The van der Waals surface area contributed by atoms with E-state index in [0.717, 1.165) is 16.3 Å². The molecule has 6 rings (SSSR count). The van der Waals surface area contributed by atoms with Crippen molar-refractivity contribution in [2.75, 3.05) is 36.5 Å². The van der Waals surface area contributed by atoms with E-state index in [9.17, 15) is 14.9 Å². The summed E-state index contributed by atoms with van der Waals surface area (Å²) in [7, 11) is 0. The Balaban J connectivity index is 1.22. The van der Waals surface area contributed by atoms with E-state index in [-0.39, 0.29) is 16.4 Å². The highest BCUT2D eigenvalue weighted by molar-refractivity contribution is 7.80. The fraction of sp³-hybridized carbons (Fsp3) is 0.138. The summed E-state index contributed by atoms with van der Waals surface area (Å²) in [5, 5.41) is 19.2. The maximum absolute atomic E-state index is 13.2. The lowest BCUT2D eigenvalue weighted by atomic mass is 10.0. The van der Waals surface area contributed by atoms with Crippen molar-refractivity contribution >= 4 is 62.2 Å². The Kier molecular flexibility index (Phi) is 6.81. The normalized spacial score (nSPS) is 13.3. The first-order valence-corrected chi connectivity index (χ1v) is 13.0. The molecule has 200 valence electrons. The molecule has 5 aromatic rings. The summed E-state index contributed by atoms with van der Waals surface area (Å²) in [4.78, 5) is 30.7. The van der Waals surface area contributed by atoms with Crippen LogP contribution >= 0.6 is 12.2 Å². The Morgan fingerprint density at radius 2 is 1.80 bits per heavy atom. The van der Waals surface area contributed by atoms with Gasteiger partial charge in [-0.2, -0.15) is 0 Å². The first-order valence-electron chi connectivity index (χ1n) is 12.6. The predicted molar refractivity (Wildman–Crippen MR) is 157 cm³/mol. The summed E-state index contributed by atoms with van der Waals surface area (Å²) >= 11 is 5.40. The van der Waals surface area contributed by atoms with Crippen molar-refractivity contribution in [2.24, 2.45) is 0 Å². The molecule has 4 aromatic carbocycles. The van der Waals surface area contributed by atoms with Crippen LogP contribution in [0, 0.1) is 10.1 Å². The van der Waals surface area contributed by atoms with Gasteiger partial charge in [-0.15, -0.1) is 0 Å². The number of hydrogen-bond acceptors (Lipinski definition) is 8. The molecule has 0 spiro atoms. The molecule has 1 saturated heterocycles. The summed E-state index contributed by atoms with van der Waals surface area (Å²) in [6.07, 6.45) is 0. The summed E-state index contributed by atoms with van der Waals surface area (Å²) in [5.74, 6) is -0.0513. The topological polar surface area (TPSA) is 123 Å². The minimum Gasteiger partial charge on any atom is -0.436 e. The number of hydrogen-bond donors (Lipinski definition) is 2. The molecule has 0 unspecified atom stereocenters. The number of thiocarbonyl (C=S) groups is 1. The number of amides is 1. The minimum absolute atomic E-state index is 0.0431. The molecule has 1 aliphatic heterocycles. The first kappa shape index (κ1) is 25.4. The lowest BCUT2D eigenvalue weighted by Crippen LogP contribution is -2.39. The number of ether oxygens (including phenoxy) is 1. The Labute approximate surface area is 233 Å². The third-order valence-corrected chi connectivity index (χ3v) is 6.88. The molecule has 0 radical (unpaired) electrons. The number of nitro benzene ring substituents is 1. The van der Waals surface area contributed by atoms with E-state index in [1.807, 2.05) is 47.4 Å². The average molecular weight is 554 g/mol. The van der Waals surface area contributed by atoms with Gasteiger partial charge in [-0.3, -0.25) is 20.2 Å². The van der Waals surface area contributed by atoms with E-state index in [0.29, 0.717) is 54.7 Å². The molecule has 1 aliphatic rings. The number of anilines is 2. The van der Waals surface area contributed by atoms with Gasteiger partial charge in [-0.1, -0.05) is 36.4 Å². The van der Waals surface area contributed by atoms with Gasteiger partial charge in [0.05, 0.1) is 29.4 Å². The van der Waals surface area contributed by atoms with Gasteiger partial charge in [-0.05, 0) is 53.3 Å². The maximum atomic E-state index is 13.2. The number of fused-ring (bicyclic) bond motifs is 2. The third kappa shape index (κ3) is 5.07. The SMILES string of the molecule is O=C(NC(=S)Nc1ccc2oc(-c3cccc4ccccc34)nc2c1)c1cc([N+](=O)[O-])ccc1N1CCOCC1. The molecule has 1 fully saturated rings. The van der Waals surface area contributed by atoms with E-state index >= 15 is 0 Å². The number of morpholine rings is 1. The second-order valence-corrected chi connectivity index (χ2v) is 9.60. The van der Waals surface area contributed by atoms with Crippen molar-refractivity contribution < 1.29 is 18.9 Å². The van der Waals surface area contributed by atoms with Gasteiger partial charge in [0.1, 0.15) is 5.52 Å². The molecule has 40 heavy (non-hydrogen) atoms. The van der Waals surface area contributed by atoms with Crippen molar-refractivity contribution in [2.45, 2.75) is 0 Å². The smallest absolute Gasteiger partial charge is 0.270 e. The number of rotatable bonds is 5. The number of aromatic nitrogens is 1. The van der Waals surface area contributed by atoms with Gasteiger partial charge in [0.2, 0.25) is 5.89 Å². The van der Waals surface area contributed by atoms with E-state index in [1.54, 1.807) is 24.3 Å². The third-order valence-electron chi connectivity index (χ3n) is 6.68. The highest BCUT2D eigenvalue weighted by Crippen LogP contribution is 2.31. The summed E-state index contributed by atoms with van der Waals surface area (Å²) in [6.45, 7) is 2.15. The molecule has 1 aromatic heterocycles. The number of non-ortho nitro benzene ring substituents is 1. The highest BCUT2D eigenvalue weighted by Gasteiger charge is 2.23. The zero-order valence-corrected chi connectivity index (χ0v) is 21.9. The van der Waals surface area contributed by atoms with Crippen LogP contribution in [0.25, 0.3) is 33.3 Å². The minimum atomic E-state index is -0.552. The standard InChI is InChI=1S/C29H23N5O5S/c35-27(23-17-20(34(36)37)9-10-25(23)33-12-14-38-15-13-33)32-29(40)30-19-8-11-26-24(16-19)31-28(39-26)22-7-3-5-18-4-1-2-6-21(18)22/h1-11,16-17H,12-15H2,(H2,30,32,35,40). The molecule has 0 aliphatic carbocycles. The largest absolute Gasteiger partial charge is 0.436 e. The maximum Gasteiger partial charge on any atom is 0.270 e. The molecule has 0 atom stereocenters. The quantitative estimate of drug-likeness (QED) is 0.165. The zero-order valence-electron chi connectivity index (χ0n) is 21.1. The molecule has 10 nitrogen and oxygen atoms in total. The fourth-order valence-electron chi connectivity index (χ4n) is 4.76. The van der Waals surface area contributed by atoms with Crippen LogP contribution in [0.2, 0.25) is 0 Å². The van der Waals surface area contributed by atoms with Gasteiger partial charge in [0, 0.05) is 36.5 Å². The van der Waals surface area contributed by atoms with E-state index in [2.05, 4.69) is 15.6 Å². The lowest BCUT2D eigenvalue weighted by Gasteiger charge is -2.30. The van der Waals surface area contributed by atoms with Gasteiger partial charge < -0.3 is 19.4 Å². The number of nitrogens with zero attached hydrogens (tertiary/aromatic N) is 3. The van der Waals surface area contributed by atoms with Gasteiger partial charge in [0.25, 0.3) is 11.6 Å². The van der Waals surface area contributed by atoms with Crippen molar-refractivity contribution in [3.8, 4) is 11.5 Å². The Bertz CT molecular complexity index is 1770. The van der Waals surface area contributed by atoms with Crippen molar-refractivity contribution in [3.63, 3.8) is 0 Å². The van der Waals surface area contributed by atoms with Crippen LogP contribution in [-0.2, 0) is 4.74 Å². The Hall–Kier alpha value is -4.87. The van der Waals surface area contributed by atoms with Crippen molar-refractivity contribution in [1.29, 1.82) is 0 Å². The number of nitrogens with one attached hydrogen (secondary N) is 2. The van der Waals surface area contributed by atoms with E-state index in [4.69, 9.17) is 21.4 Å². The zero-order chi connectivity index (χ0) is 27.6. The van der Waals surface area contributed by atoms with Crippen LogP contribution in [0.15, 0.2) is 83.3 Å². The van der Waals surface area contributed by atoms with Crippen molar-refractivity contribution in [1.82, 2.24) is 10.3 Å². The average Bonchev–Trinajstić information content (AvgIpc) is 3.40. The monoisotopic (exact) mass is 553 g/mol. The van der Waals surface area contributed by atoms with Crippen LogP contribution in [0.1, 0.15) is 10.4 Å². The fourth-order valence-corrected chi connectivity index (χ4v) is 4.98. The number of oxazole rings is 1. The highest BCUT2D eigenvalue weighted by atomic mass is 32.1. The number of benzene rings is 4. The lowest BCUT2D eigenvalue weighted by molar-refractivity contribution is -0.384. The van der Waals surface area contributed by atoms with Crippen LogP contribution in [0.4, 0.5) is 17.1 Å². The molecule has 2 heterocycles. The molecule has 0 saturated carbocycles. The van der Waals surface area contributed by atoms with Crippen LogP contribution in [0.3, 0.4) is 0 Å². The molecule has 0 bridgehead atoms. The van der Waals surface area contributed by atoms with Gasteiger partial charge in [-0.25, -0.2) is 4.98 Å². The second kappa shape index (κ2) is 10.7. The summed E-state index contributed by atoms with van der Waals surface area (Å²) in [5.41, 5.74) is 3.28. The summed E-state index contributed by atoms with van der Waals surface area (Å²) in [6, 6.07) is 23.6. The molecular formula is C29H23N5O5S. The second-order valence-electron chi connectivity index (χ2n) is 9.19. The van der Waals surface area contributed by atoms with Crippen LogP contribution in [-0.4, -0.2) is 47.2 Å². The molecule has 1 amide bonds. The van der Waals surface area contributed by atoms with Gasteiger partial charge >= 0.3 is 0 Å². The number of carbonyl (C=O) groups is 1.